The molecule has 0 aromatic heterocycles. The van der Waals surface area contributed by atoms with Crippen LogP contribution in [0.4, 0.5) is 0 Å². The first kappa shape index (κ1) is 16.5. The van der Waals surface area contributed by atoms with Crippen molar-refractivity contribution in [2.45, 2.75) is 12.2 Å². The van der Waals surface area contributed by atoms with Crippen LogP contribution in [0.2, 0.25) is 0 Å². The van der Waals surface area contributed by atoms with Gasteiger partial charge in [-0.25, -0.2) is 9.36 Å². The SMILES string of the molecule is O=C1O[C@H]([C@@H](O)CO)C(OP(=O)(O)O)=C1O.[Zn]. The van der Waals surface area contributed by atoms with E-state index in [1.807, 2.05) is 0 Å². The van der Waals surface area contributed by atoms with E-state index in [9.17, 15) is 9.36 Å². The van der Waals surface area contributed by atoms with Gasteiger partial charge in [-0.2, -0.15) is 0 Å². The quantitative estimate of drug-likeness (QED) is 0.228. The summed E-state index contributed by atoms with van der Waals surface area (Å²) in [5.74, 6) is -3.36. The van der Waals surface area contributed by atoms with Crippen molar-refractivity contribution in [1.82, 2.24) is 0 Å². The van der Waals surface area contributed by atoms with Gasteiger partial charge in [0.1, 0.15) is 6.10 Å². The van der Waals surface area contributed by atoms with Gasteiger partial charge in [-0.3, -0.25) is 9.79 Å². The van der Waals surface area contributed by atoms with Crippen LogP contribution in [0.3, 0.4) is 0 Å². The average molecular weight is 321 g/mol. The number of hydrogen-bond donors (Lipinski definition) is 5. The summed E-state index contributed by atoms with van der Waals surface area (Å²) in [6.45, 7) is -0.848. The maximum atomic E-state index is 10.8. The molecule has 0 aromatic rings. The number of rotatable bonds is 4. The molecule has 0 unspecified atom stereocenters. The Bertz CT molecular complexity index is 374. The number of aliphatic hydroxyl groups is 3. The van der Waals surface area contributed by atoms with E-state index in [1.54, 1.807) is 0 Å². The van der Waals surface area contributed by atoms with Crippen LogP contribution >= 0.6 is 7.82 Å². The Morgan fingerprint density at radius 1 is 1.47 bits per heavy atom. The Morgan fingerprint density at radius 3 is 2.41 bits per heavy atom. The summed E-state index contributed by atoms with van der Waals surface area (Å²) in [6, 6.07) is 0. The van der Waals surface area contributed by atoms with Gasteiger partial charge in [0.2, 0.25) is 11.5 Å². The summed E-state index contributed by atoms with van der Waals surface area (Å²) < 4.78 is 18.9. The molecule has 0 fully saturated rings. The van der Waals surface area contributed by atoms with E-state index in [-0.39, 0.29) is 19.5 Å². The Morgan fingerprint density at radius 2 is 2.00 bits per heavy atom. The number of phosphoric acid groups is 1. The van der Waals surface area contributed by atoms with Crippen LogP contribution in [0, 0.1) is 0 Å². The Hall–Kier alpha value is -0.497. The molecule has 9 nitrogen and oxygen atoms in total. The molecule has 1 aliphatic rings. The summed E-state index contributed by atoms with van der Waals surface area (Å²) in [6.07, 6.45) is -3.31. The van der Waals surface area contributed by atoms with Gasteiger partial charge in [0.05, 0.1) is 6.61 Å². The molecule has 0 aromatic carbocycles. The zero-order valence-corrected chi connectivity index (χ0v) is 12.2. The van der Waals surface area contributed by atoms with Crippen molar-refractivity contribution in [1.29, 1.82) is 0 Å². The summed E-state index contributed by atoms with van der Waals surface area (Å²) in [7, 11) is -5.01. The second-order valence-corrected chi connectivity index (χ2v) is 4.03. The van der Waals surface area contributed by atoms with Crippen molar-refractivity contribution < 1.29 is 63.2 Å². The van der Waals surface area contributed by atoms with Crippen LogP contribution in [-0.4, -0.2) is 49.9 Å². The second kappa shape index (κ2) is 5.90. The standard InChI is InChI=1S/C6H9O9P.Zn/c7-1-2(8)4-5(15-16(11,12)13)3(9)6(10)14-4;/h2,4,7-9H,1H2,(H2,11,12,13);/t2-,4+;/m0./s1. The van der Waals surface area contributed by atoms with E-state index in [2.05, 4.69) is 9.26 Å². The molecule has 0 radical (unpaired) electrons. The molecule has 2 atom stereocenters. The number of carbonyl (C=O) groups excluding carboxylic acids is 1. The van der Waals surface area contributed by atoms with Gasteiger partial charge in [0, 0.05) is 19.5 Å². The first-order valence-corrected chi connectivity index (χ1v) is 5.47. The van der Waals surface area contributed by atoms with Crippen LogP contribution < -0.4 is 0 Å². The third-order valence-electron chi connectivity index (χ3n) is 1.67. The zero-order valence-electron chi connectivity index (χ0n) is 8.39. The number of esters is 1. The fraction of sp³-hybridized carbons (Fsp3) is 0.500. The van der Waals surface area contributed by atoms with Crippen molar-refractivity contribution in [2.24, 2.45) is 0 Å². The average Bonchev–Trinajstić information content (AvgIpc) is 2.43. The van der Waals surface area contributed by atoms with Gasteiger partial charge in [-0.05, 0) is 0 Å². The molecule has 1 heterocycles. The van der Waals surface area contributed by atoms with Gasteiger partial charge in [-0.1, -0.05) is 0 Å². The largest absolute Gasteiger partial charge is 0.524 e. The summed E-state index contributed by atoms with van der Waals surface area (Å²) in [5, 5.41) is 26.8. The molecule has 1 rings (SSSR count). The van der Waals surface area contributed by atoms with Crippen LogP contribution in [0.15, 0.2) is 11.5 Å². The molecule has 1 aliphatic heterocycles. The van der Waals surface area contributed by atoms with Gasteiger partial charge >= 0.3 is 13.8 Å². The minimum atomic E-state index is -5.01. The van der Waals surface area contributed by atoms with Crippen LogP contribution in [-0.2, 0) is 38.1 Å². The molecule has 0 saturated heterocycles. The van der Waals surface area contributed by atoms with E-state index in [4.69, 9.17) is 25.1 Å². The number of cyclic esters (lactones) is 1. The molecular formula is C6H9O9PZn. The van der Waals surface area contributed by atoms with Gasteiger partial charge < -0.3 is 24.6 Å². The normalized spacial score (nSPS) is 21.9. The predicted octanol–water partition coefficient (Wildman–Crippen LogP) is -1.86. The fourth-order valence-corrected chi connectivity index (χ4v) is 1.48. The molecule has 0 saturated carbocycles. The van der Waals surface area contributed by atoms with E-state index in [1.165, 1.54) is 0 Å². The Balaban J connectivity index is 0.00000256. The Kier molecular flexibility index (Phi) is 5.73. The van der Waals surface area contributed by atoms with Gasteiger partial charge in [0.25, 0.3) is 0 Å². The number of phosphoric ester groups is 1. The van der Waals surface area contributed by atoms with E-state index < -0.39 is 44.1 Å². The molecule has 11 heteroatoms. The predicted molar refractivity (Wildman–Crippen MR) is 45.8 cm³/mol. The first-order valence-electron chi connectivity index (χ1n) is 3.94. The maximum absolute atomic E-state index is 10.8. The molecule has 0 bridgehead atoms. The van der Waals surface area contributed by atoms with Gasteiger partial charge in [-0.15, -0.1) is 0 Å². The molecule has 0 spiro atoms. The van der Waals surface area contributed by atoms with E-state index in [0.717, 1.165) is 0 Å². The van der Waals surface area contributed by atoms with Crippen LogP contribution in [0.25, 0.3) is 0 Å². The number of hydrogen-bond acceptors (Lipinski definition) is 7. The molecular weight excluding hydrogens is 312 g/mol. The third kappa shape index (κ3) is 4.02. The number of aliphatic hydroxyl groups excluding tert-OH is 3. The van der Waals surface area contributed by atoms with Gasteiger partial charge in [0.15, 0.2) is 6.10 Å². The molecule has 0 amide bonds. The minimum absolute atomic E-state index is 0. The smallest absolute Gasteiger partial charge is 0.499 e. The van der Waals surface area contributed by atoms with Crippen molar-refractivity contribution in [3.8, 4) is 0 Å². The van der Waals surface area contributed by atoms with Crippen molar-refractivity contribution >= 4 is 13.8 Å². The monoisotopic (exact) mass is 320 g/mol. The summed E-state index contributed by atoms with van der Waals surface area (Å²) >= 11 is 0. The molecule has 17 heavy (non-hydrogen) atoms. The van der Waals surface area contributed by atoms with E-state index >= 15 is 0 Å². The summed E-state index contributed by atoms with van der Waals surface area (Å²) in [4.78, 5) is 27.8. The van der Waals surface area contributed by atoms with E-state index in [0.29, 0.717) is 0 Å². The van der Waals surface area contributed by atoms with Crippen molar-refractivity contribution in [3.05, 3.63) is 11.5 Å². The van der Waals surface area contributed by atoms with Crippen LogP contribution in [0.5, 0.6) is 0 Å². The Labute approximate surface area is 108 Å². The maximum Gasteiger partial charge on any atom is 0.524 e. The number of carbonyl (C=O) groups is 1. The molecule has 94 valence electrons. The van der Waals surface area contributed by atoms with Crippen molar-refractivity contribution in [3.63, 3.8) is 0 Å². The zero-order chi connectivity index (χ0) is 12.5. The van der Waals surface area contributed by atoms with Crippen molar-refractivity contribution in [2.75, 3.05) is 6.61 Å². The second-order valence-electron chi connectivity index (χ2n) is 2.87. The topological polar surface area (TPSA) is 154 Å². The minimum Gasteiger partial charge on any atom is -0.499 e. The third-order valence-corrected chi connectivity index (χ3v) is 2.11. The first-order chi connectivity index (χ1) is 7.26. The summed E-state index contributed by atoms with van der Waals surface area (Å²) in [5.41, 5.74) is 0. The fourth-order valence-electron chi connectivity index (χ4n) is 1.03. The van der Waals surface area contributed by atoms with Crippen LogP contribution in [0.1, 0.15) is 0 Å². The molecule has 0 aliphatic carbocycles. The molecule has 5 N–H and O–H groups in total. The number of ether oxygens (including phenoxy) is 1.